The number of carbonyl (C=O) groups excluding carboxylic acids is 1. The zero-order valence-corrected chi connectivity index (χ0v) is 23.2. The molecule has 0 bridgehead atoms. The molecule has 1 N–H and O–H groups in total. The summed E-state index contributed by atoms with van der Waals surface area (Å²) < 4.78 is 5.51. The van der Waals surface area contributed by atoms with Crippen molar-refractivity contribution in [2.45, 2.75) is 119 Å². The van der Waals surface area contributed by atoms with E-state index in [0.717, 1.165) is 51.4 Å². The van der Waals surface area contributed by atoms with Crippen LogP contribution in [0.1, 0.15) is 113 Å². The third-order valence-corrected chi connectivity index (χ3v) is 13.1. The first-order valence-corrected chi connectivity index (χ1v) is 14.2. The Bertz CT molecular complexity index is 900. The highest BCUT2D eigenvalue weighted by Crippen LogP contribution is 2.76. The molecule has 5 rings (SSSR count). The molecule has 5 aliphatic carbocycles. The summed E-state index contributed by atoms with van der Waals surface area (Å²) in [7, 11) is 1.60. The van der Waals surface area contributed by atoms with Gasteiger partial charge in [0.15, 0.2) is 0 Å². The second kappa shape index (κ2) is 7.36. The lowest BCUT2D eigenvalue weighted by Crippen LogP contribution is -2.65. The van der Waals surface area contributed by atoms with Crippen molar-refractivity contribution in [2.24, 2.45) is 50.2 Å². The maximum absolute atomic E-state index is 13.4. The SMILES string of the molecule is COC(=O)[C@]12CCC(C)(C)C[C@@H]1[C@H]1CC[C@@H]3[C@@]4(C)CC[C@H](O)C(C)(C)C4=CC[C@@]3(C)[C@]1(C)CC2. The summed E-state index contributed by atoms with van der Waals surface area (Å²) in [4.78, 5) is 13.4. The van der Waals surface area contributed by atoms with Crippen molar-refractivity contribution < 1.29 is 14.6 Å². The van der Waals surface area contributed by atoms with Gasteiger partial charge in [-0.2, -0.15) is 0 Å². The number of rotatable bonds is 1. The van der Waals surface area contributed by atoms with Crippen molar-refractivity contribution in [1.29, 1.82) is 0 Å². The molecule has 4 saturated carbocycles. The number of allylic oxidation sites excluding steroid dienone is 1. The Balaban J connectivity index is 1.58. The second-order valence-electron chi connectivity index (χ2n) is 15.2. The van der Waals surface area contributed by atoms with Crippen LogP contribution in [-0.4, -0.2) is 24.3 Å². The fourth-order valence-corrected chi connectivity index (χ4v) is 10.9. The van der Waals surface area contributed by atoms with E-state index in [4.69, 9.17) is 4.74 Å². The first-order valence-electron chi connectivity index (χ1n) is 14.2. The Labute approximate surface area is 208 Å². The molecular formula is C31H50O3. The maximum Gasteiger partial charge on any atom is 0.312 e. The Hall–Kier alpha value is -0.830. The number of fused-ring (bicyclic) bond motifs is 7. The van der Waals surface area contributed by atoms with E-state index in [1.165, 1.54) is 18.4 Å². The normalized spacial score (nSPS) is 51.1. The Morgan fingerprint density at radius 3 is 2.24 bits per heavy atom. The van der Waals surface area contributed by atoms with Crippen molar-refractivity contribution in [3.63, 3.8) is 0 Å². The molecule has 4 fully saturated rings. The Kier molecular flexibility index (Phi) is 5.38. The van der Waals surface area contributed by atoms with Gasteiger partial charge in [-0.3, -0.25) is 4.79 Å². The summed E-state index contributed by atoms with van der Waals surface area (Å²) in [6.45, 7) is 17.1. The molecule has 0 unspecified atom stereocenters. The summed E-state index contributed by atoms with van der Waals surface area (Å²) >= 11 is 0. The van der Waals surface area contributed by atoms with Crippen LogP contribution in [-0.2, 0) is 9.53 Å². The summed E-state index contributed by atoms with van der Waals surface area (Å²) in [5, 5.41) is 10.9. The van der Waals surface area contributed by atoms with E-state index < -0.39 is 0 Å². The van der Waals surface area contributed by atoms with Gasteiger partial charge in [0.2, 0.25) is 0 Å². The van der Waals surface area contributed by atoms with Gasteiger partial charge in [-0.25, -0.2) is 0 Å². The lowest BCUT2D eigenvalue weighted by molar-refractivity contribution is -0.218. The average molecular weight is 471 g/mol. The standard InChI is InChI=1S/C31H50O3/c1-26(2)15-17-31(25(33)34-8)18-16-29(6)20(21(31)19-26)9-10-23-28(5)13-12-24(32)27(3,4)22(28)11-14-30(23,29)7/h11,20-21,23-24,32H,9-10,12-19H2,1-8H3/t20-,21-,23-,24+,28+,29-,30-,31+/m1/s1. The van der Waals surface area contributed by atoms with E-state index in [0.29, 0.717) is 23.2 Å². The van der Waals surface area contributed by atoms with Crippen LogP contribution in [0.2, 0.25) is 0 Å². The predicted molar refractivity (Wildman–Crippen MR) is 137 cm³/mol. The van der Waals surface area contributed by atoms with Crippen LogP contribution >= 0.6 is 0 Å². The molecule has 0 radical (unpaired) electrons. The molecule has 8 atom stereocenters. The Morgan fingerprint density at radius 2 is 1.56 bits per heavy atom. The van der Waals surface area contributed by atoms with E-state index in [1.807, 2.05) is 0 Å². The van der Waals surface area contributed by atoms with Crippen LogP contribution in [0.15, 0.2) is 11.6 Å². The van der Waals surface area contributed by atoms with Crippen LogP contribution in [0.4, 0.5) is 0 Å². The minimum absolute atomic E-state index is 0.0723. The van der Waals surface area contributed by atoms with Crippen molar-refractivity contribution in [3.05, 3.63) is 11.6 Å². The number of esters is 1. The largest absolute Gasteiger partial charge is 0.469 e. The molecule has 0 aliphatic heterocycles. The van der Waals surface area contributed by atoms with E-state index in [2.05, 4.69) is 54.5 Å². The molecule has 0 aromatic rings. The molecular weight excluding hydrogens is 420 g/mol. The smallest absolute Gasteiger partial charge is 0.312 e. The molecule has 0 heterocycles. The highest BCUT2D eigenvalue weighted by molar-refractivity contribution is 5.77. The molecule has 0 amide bonds. The van der Waals surface area contributed by atoms with Gasteiger partial charge < -0.3 is 9.84 Å². The third kappa shape index (κ3) is 2.94. The maximum atomic E-state index is 13.4. The van der Waals surface area contributed by atoms with E-state index in [1.54, 1.807) is 7.11 Å². The molecule has 3 nitrogen and oxygen atoms in total. The monoisotopic (exact) mass is 470 g/mol. The number of methoxy groups -OCH3 is 1. The van der Waals surface area contributed by atoms with E-state index in [-0.39, 0.29) is 39.1 Å². The lowest BCUT2D eigenvalue weighted by Gasteiger charge is -2.71. The summed E-state index contributed by atoms with van der Waals surface area (Å²) in [5.41, 5.74) is 2.06. The summed E-state index contributed by atoms with van der Waals surface area (Å²) in [6, 6.07) is 0. The van der Waals surface area contributed by atoms with Crippen LogP contribution in [0.3, 0.4) is 0 Å². The molecule has 0 aromatic heterocycles. The van der Waals surface area contributed by atoms with E-state index >= 15 is 0 Å². The summed E-state index contributed by atoms with van der Waals surface area (Å²) in [6.07, 6.45) is 13.4. The Morgan fingerprint density at radius 1 is 0.882 bits per heavy atom. The van der Waals surface area contributed by atoms with Gasteiger partial charge in [0.1, 0.15) is 0 Å². The van der Waals surface area contributed by atoms with Gasteiger partial charge in [0.25, 0.3) is 0 Å². The third-order valence-electron chi connectivity index (χ3n) is 13.1. The molecule has 5 aliphatic rings. The molecule has 3 heteroatoms. The average Bonchev–Trinajstić information content (AvgIpc) is 2.76. The molecule has 0 spiro atoms. The molecule has 34 heavy (non-hydrogen) atoms. The van der Waals surface area contributed by atoms with Crippen LogP contribution in [0.25, 0.3) is 0 Å². The van der Waals surface area contributed by atoms with Gasteiger partial charge in [0.05, 0.1) is 18.6 Å². The van der Waals surface area contributed by atoms with Crippen molar-refractivity contribution in [1.82, 2.24) is 0 Å². The van der Waals surface area contributed by atoms with Gasteiger partial charge in [-0.1, -0.05) is 60.1 Å². The minimum atomic E-state index is -0.270. The second-order valence-corrected chi connectivity index (χ2v) is 15.2. The topological polar surface area (TPSA) is 46.5 Å². The first-order chi connectivity index (χ1) is 15.7. The molecule has 0 aromatic carbocycles. The summed E-state index contributed by atoms with van der Waals surface area (Å²) in [5.74, 6) is 1.74. The van der Waals surface area contributed by atoms with Gasteiger partial charge >= 0.3 is 5.97 Å². The van der Waals surface area contributed by atoms with Gasteiger partial charge in [-0.05, 0) is 104 Å². The van der Waals surface area contributed by atoms with Crippen LogP contribution in [0, 0.1) is 50.2 Å². The first kappa shape index (κ1) is 24.8. The fourth-order valence-electron chi connectivity index (χ4n) is 10.9. The zero-order chi connectivity index (χ0) is 24.9. The van der Waals surface area contributed by atoms with Crippen molar-refractivity contribution in [2.75, 3.05) is 7.11 Å². The molecule has 192 valence electrons. The minimum Gasteiger partial charge on any atom is -0.469 e. The van der Waals surface area contributed by atoms with Crippen LogP contribution < -0.4 is 0 Å². The number of aliphatic hydroxyl groups excluding tert-OH is 1. The fraction of sp³-hybridized carbons (Fsp3) is 0.903. The quantitative estimate of drug-likeness (QED) is 0.322. The highest BCUT2D eigenvalue weighted by Gasteiger charge is 2.69. The van der Waals surface area contributed by atoms with Crippen molar-refractivity contribution in [3.8, 4) is 0 Å². The van der Waals surface area contributed by atoms with Gasteiger partial charge in [0, 0.05) is 5.41 Å². The highest BCUT2D eigenvalue weighted by atomic mass is 16.5. The lowest BCUT2D eigenvalue weighted by atomic mass is 9.33. The van der Waals surface area contributed by atoms with E-state index in [9.17, 15) is 9.90 Å². The zero-order valence-electron chi connectivity index (χ0n) is 23.2. The number of hydrogen-bond donors (Lipinski definition) is 1. The van der Waals surface area contributed by atoms with Crippen LogP contribution in [0.5, 0.6) is 0 Å². The molecule has 0 saturated heterocycles. The number of aliphatic hydroxyl groups is 1. The van der Waals surface area contributed by atoms with Gasteiger partial charge in [-0.15, -0.1) is 0 Å². The number of hydrogen-bond acceptors (Lipinski definition) is 3. The number of carbonyl (C=O) groups is 1. The number of ether oxygens (including phenoxy) is 1. The predicted octanol–water partition coefficient (Wildman–Crippen LogP) is 7.32. The van der Waals surface area contributed by atoms with Crippen molar-refractivity contribution >= 4 is 5.97 Å².